The van der Waals surface area contributed by atoms with E-state index in [-0.39, 0.29) is 12.5 Å². The number of urea groups is 1. The highest BCUT2D eigenvalue weighted by atomic mass is 16.5. The number of pyridine rings is 1. The number of rotatable bonds is 8. The quantitative estimate of drug-likeness (QED) is 0.515. The van der Waals surface area contributed by atoms with E-state index in [4.69, 9.17) is 9.47 Å². The van der Waals surface area contributed by atoms with Crippen LogP contribution in [0.1, 0.15) is 27.5 Å². The first-order chi connectivity index (χ1) is 16.1. The molecule has 0 radical (unpaired) electrons. The van der Waals surface area contributed by atoms with Gasteiger partial charge >= 0.3 is 6.03 Å². The third-order valence-electron chi connectivity index (χ3n) is 5.25. The van der Waals surface area contributed by atoms with Gasteiger partial charge in [0.15, 0.2) is 0 Å². The maximum absolute atomic E-state index is 13.0. The number of ether oxygens (including phenoxy) is 2. The molecule has 0 saturated heterocycles. The topological polar surface area (TPSA) is 110 Å². The van der Waals surface area contributed by atoms with Gasteiger partial charge in [0.05, 0.1) is 19.3 Å². The smallest absolute Gasteiger partial charge is 0.321 e. The van der Waals surface area contributed by atoms with Crippen LogP contribution in [0.25, 0.3) is 0 Å². The fraction of sp³-hybridized carbons (Fsp3) is 0.167. The molecule has 4 rings (SSSR count). The summed E-state index contributed by atoms with van der Waals surface area (Å²) in [5, 5.41) is 4.83. The molecule has 1 aliphatic heterocycles. The largest absolute Gasteiger partial charge is 0.497 e. The van der Waals surface area contributed by atoms with E-state index in [0.29, 0.717) is 35.8 Å². The average molecular weight is 446 g/mol. The number of amides is 4. The van der Waals surface area contributed by atoms with Gasteiger partial charge in [0.1, 0.15) is 17.2 Å². The Bertz CT molecular complexity index is 1150. The van der Waals surface area contributed by atoms with E-state index in [2.05, 4.69) is 15.6 Å². The van der Waals surface area contributed by atoms with E-state index < -0.39 is 12.1 Å². The minimum Gasteiger partial charge on any atom is -0.497 e. The monoisotopic (exact) mass is 446 g/mol. The third kappa shape index (κ3) is 5.09. The summed E-state index contributed by atoms with van der Waals surface area (Å²) in [5.41, 5.74) is 2.21. The Balaban J connectivity index is 1.52. The number of carbonyl (C=O) groups excluding carboxylic acids is 3. The summed E-state index contributed by atoms with van der Waals surface area (Å²) in [4.78, 5) is 41.4. The van der Waals surface area contributed by atoms with Crippen LogP contribution in [0.3, 0.4) is 0 Å². The zero-order chi connectivity index (χ0) is 23.2. The van der Waals surface area contributed by atoms with Gasteiger partial charge in [-0.25, -0.2) is 4.79 Å². The van der Waals surface area contributed by atoms with E-state index in [1.807, 2.05) is 12.1 Å². The lowest BCUT2D eigenvalue weighted by Crippen LogP contribution is -2.42. The summed E-state index contributed by atoms with van der Waals surface area (Å²) in [6.07, 6.45) is 3.57. The Morgan fingerprint density at radius 2 is 1.94 bits per heavy atom. The minimum atomic E-state index is -0.656. The SMILES string of the molecule is COc1ccc2c(c1)C(=O)N(C[C@H](NC(=O)NC=O)c1ccc(Oc3cccnc3)cc1)C2. The number of methoxy groups -OCH3 is 1. The van der Waals surface area contributed by atoms with Crippen molar-refractivity contribution in [2.75, 3.05) is 13.7 Å². The fourth-order valence-electron chi connectivity index (χ4n) is 3.63. The molecule has 2 aromatic carbocycles. The van der Waals surface area contributed by atoms with E-state index in [9.17, 15) is 14.4 Å². The van der Waals surface area contributed by atoms with Gasteiger partial charge < -0.3 is 19.7 Å². The molecule has 9 heteroatoms. The molecule has 4 amide bonds. The Morgan fingerprint density at radius 1 is 1.15 bits per heavy atom. The number of nitrogens with one attached hydrogen (secondary N) is 2. The van der Waals surface area contributed by atoms with Crippen LogP contribution in [0.15, 0.2) is 67.0 Å². The molecule has 2 heterocycles. The van der Waals surface area contributed by atoms with Crippen LogP contribution in [0, 0.1) is 0 Å². The van der Waals surface area contributed by atoms with Crippen molar-refractivity contribution in [1.82, 2.24) is 20.5 Å². The zero-order valence-electron chi connectivity index (χ0n) is 17.9. The molecule has 0 spiro atoms. The Labute approximate surface area is 190 Å². The first kappa shape index (κ1) is 21.8. The number of hydrogen-bond donors (Lipinski definition) is 2. The lowest BCUT2D eigenvalue weighted by molar-refractivity contribution is -0.108. The van der Waals surface area contributed by atoms with Crippen molar-refractivity contribution in [3.8, 4) is 17.2 Å². The molecule has 168 valence electrons. The molecule has 2 N–H and O–H groups in total. The van der Waals surface area contributed by atoms with Crippen molar-refractivity contribution < 1.29 is 23.9 Å². The van der Waals surface area contributed by atoms with Gasteiger partial charge in [0.2, 0.25) is 6.41 Å². The van der Waals surface area contributed by atoms with Gasteiger partial charge in [-0.2, -0.15) is 0 Å². The number of benzene rings is 2. The van der Waals surface area contributed by atoms with Crippen LogP contribution in [0.4, 0.5) is 4.79 Å². The molecular formula is C24H22N4O5. The molecule has 0 unspecified atom stereocenters. The summed E-state index contributed by atoms with van der Waals surface area (Å²) >= 11 is 0. The second-order valence-corrected chi connectivity index (χ2v) is 7.36. The molecule has 1 atom stereocenters. The summed E-state index contributed by atoms with van der Waals surface area (Å²) in [5.74, 6) is 1.65. The average Bonchev–Trinajstić information content (AvgIpc) is 3.14. The normalized spacial score (nSPS) is 13.1. The number of fused-ring (bicyclic) bond motifs is 1. The number of nitrogens with zero attached hydrogens (tertiary/aromatic N) is 2. The predicted octanol–water partition coefficient (Wildman–Crippen LogP) is 3.04. The van der Waals surface area contributed by atoms with Gasteiger partial charge in [0.25, 0.3) is 5.91 Å². The van der Waals surface area contributed by atoms with E-state index in [1.165, 1.54) is 0 Å². The van der Waals surface area contributed by atoms with Crippen LogP contribution in [0.5, 0.6) is 17.2 Å². The van der Waals surface area contributed by atoms with Crippen LogP contribution in [-0.4, -0.2) is 41.9 Å². The molecule has 1 aromatic heterocycles. The fourth-order valence-corrected chi connectivity index (χ4v) is 3.63. The van der Waals surface area contributed by atoms with Crippen molar-refractivity contribution in [1.29, 1.82) is 0 Å². The highest BCUT2D eigenvalue weighted by Crippen LogP contribution is 2.29. The maximum atomic E-state index is 13.0. The molecule has 9 nitrogen and oxygen atoms in total. The molecule has 0 fully saturated rings. The number of hydrogen-bond acceptors (Lipinski definition) is 6. The molecule has 33 heavy (non-hydrogen) atoms. The Hall–Kier alpha value is -4.40. The Kier molecular flexibility index (Phi) is 6.49. The highest BCUT2D eigenvalue weighted by molar-refractivity contribution is 5.98. The van der Waals surface area contributed by atoms with E-state index in [1.54, 1.807) is 66.9 Å². The number of carbonyl (C=O) groups is 3. The van der Waals surface area contributed by atoms with Gasteiger partial charge in [-0.15, -0.1) is 0 Å². The number of aromatic nitrogens is 1. The van der Waals surface area contributed by atoms with Crippen LogP contribution in [0.2, 0.25) is 0 Å². The predicted molar refractivity (Wildman–Crippen MR) is 119 cm³/mol. The van der Waals surface area contributed by atoms with Gasteiger partial charge in [0, 0.05) is 24.8 Å². The third-order valence-corrected chi connectivity index (χ3v) is 5.25. The summed E-state index contributed by atoms with van der Waals surface area (Å²) in [6.45, 7) is 0.624. The van der Waals surface area contributed by atoms with Gasteiger partial charge in [-0.1, -0.05) is 18.2 Å². The highest BCUT2D eigenvalue weighted by Gasteiger charge is 2.30. The van der Waals surface area contributed by atoms with Crippen molar-refractivity contribution in [3.63, 3.8) is 0 Å². The van der Waals surface area contributed by atoms with Crippen LogP contribution >= 0.6 is 0 Å². The molecular weight excluding hydrogens is 424 g/mol. The van der Waals surface area contributed by atoms with E-state index >= 15 is 0 Å². The van der Waals surface area contributed by atoms with E-state index in [0.717, 1.165) is 11.1 Å². The van der Waals surface area contributed by atoms with Crippen molar-refractivity contribution in [2.24, 2.45) is 0 Å². The second-order valence-electron chi connectivity index (χ2n) is 7.36. The van der Waals surface area contributed by atoms with Gasteiger partial charge in [-0.3, -0.25) is 19.9 Å². The second kappa shape index (κ2) is 9.82. The first-order valence-electron chi connectivity index (χ1n) is 10.2. The van der Waals surface area contributed by atoms with Crippen LogP contribution < -0.4 is 20.1 Å². The van der Waals surface area contributed by atoms with Crippen molar-refractivity contribution in [2.45, 2.75) is 12.6 Å². The van der Waals surface area contributed by atoms with Crippen molar-refractivity contribution >= 4 is 18.3 Å². The number of imide groups is 1. The van der Waals surface area contributed by atoms with Crippen molar-refractivity contribution in [3.05, 3.63) is 83.7 Å². The first-order valence-corrected chi connectivity index (χ1v) is 10.2. The minimum absolute atomic E-state index is 0.150. The zero-order valence-corrected chi connectivity index (χ0v) is 17.9. The molecule has 0 saturated carbocycles. The molecule has 3 aromatic rings. The lowest BCUT2D eigenvalue weighted by atomic mass is 10.1. The standard InChI is InChI=1S/C24H22N4O5/c1-32-19-9-6-17-13-28(23(30)21(17)11-19)14-22(27-24(31)26-15-29)16-4-7-18(8-5-16)33-20-3-2-10-25-12-20/h2-12,15,22H,13-14H2,1H3,(H2,26,27,29,31)/t22-/m0/s1. The summed E-state index contributed by atoms with van der Waals surface area (Å²) < 4.78 is 11.0. The molecule has 0 aliphatic carbocycles. The maximum Gasteiger partial charge on any atom is 0.321 e. The lowest BCUT2D eigenvalue weighted by Gasteiger charge is -2.25. The molecule has 1 aliphatic rings. The summed E-state index contributed by atoms with van der Waals surface area (Å²) in [6, 6.07) is 14.9. The summed E-state index contributed by atoms with van der Waals surface area (Å²) in [7, 11) is 1.55. The van der Waals surface area contributed by atoms with Crippen LogP contribution in [-0.2, 0) is 11.3 Å². The molecule has 0 bridgehead atoms. The Morgan fingerprint density at radius 3 is 2.64 bits per heavy atom. The van der Waals surface area contributed by atoms with Gasteiger partial charge in [-0.05, 0) is 47.5 Å².